The minimum atomic E-state index is -0.267. The summed E-state index contributed by atoms with van der Waals surface area (Å²) in [6.45, 7) is 4.56. The van der Waals surface area contributed by atoms with Gasteiger partial charge in [0.2, 0.25) is 0 Å². The first-order valence-electron chi connectivity index (χ1n) is 5.32. The number of hydrogen-bond donors (Lipinski definition) is 1. The zero-order chi connectivity index (χ0) is 8.77. The molecule has 0 aliphatic heterocycles. The van der Waals surface area contributed by atoms with Crippen molar-refractivity contribution in [3.8, 4) is 0 Å². The van der Waals surface area contributed by atoms with Gasteiger partial charge in [-0.3, -0.25) is 0 Å². The lowest BCUT2D eigenvalue weighted by Gasteiger charge is -2.39. The zero-order valence-electron chi connectivity index (χ0n) is 8.21. The van der Waals surface area contributed by atoms with E-state index in [1.54, 1.807) is 0 Å². The first kappa shape index (κ1) is 8.55. The van der Waals surface area contributed by atoms with Gasteiger partial charge in [0.1, 0.15) is 0 Å². The van der Waals surface area contributed by atoms with Crippen molar-refractivity contribution in [2.75, 3.05) is 0 Å². The Morgan fingerprint density at radius 2 is 1.58 bits per heavy atom. The van der Waals surface area contributed by atoms with Crippen molar-refractivity contribution >= 4 is 0 Å². The maximum Gasteiger partial charge on any atom is 0.0680 e. The molecule has 2 unspecified atom stereocenters. The van der Waals surface area contributed by atoms with Gasteiger partial charge in [0.25, 0.3) is 0 Å². The molecular formula is C11H20O. The summed E-state index contributed by atoms with van der Waals surface area (Å²) >= 11 is 0. The summed E-state index contributed by atoms with van der Waals surface area (Å²) in [6.07, 6.45) is 5.98. The fraction of sp³-hybridized carbons (Fsp3) is 1.00. The van der Waals surface area contributed by atoms with Crippen molar-refractivity contribution in [2.45, 2.75) is 51.6 Å². The molecule has 0 aromatic heterocycles. The van der Waals surface area contributed by atoms with Gasteiger partial charge in [0, 0.05) is 0 Å². The molecular weight excluding hydrogens is 148 g/mol. The monoisotopic (exact) mass is 168 g/mol. The van der Waals surface area contributed by atoms with Crippen LogP contribution in [0.4, 0.5) is 0 Å². The van der Waals surface area contributed by atoms with E-state index in [0.29, 0.717) is 5.92 Å². The first-order chi connectivity index (χ1) is 5.60. The van der Waals surface area contributed by atoms with Gasteiger partial charge in [0.15, 0.2) is 0 Å². The van der Waals surface area contributed by atoms with Gasteiger partial charge in [-0.2, -0.15) is 0 Å². The van der Waals surface area contributed by atoms with Crippen LogP contribution in [0.15, 0.2) is 0 Å². The van der Waals surface area contributed by atoms with Gasteiger partial charge in [-0.15, -0.1) is 0 Å². The highest BCUT2D eigenvalue weighted by Crippen LogP contribution is 2.49. The average molecular weight is 168 g/mol. The normalized spacial score (nSPS) is 49.2. The largest absolute Gasteiger partial charge is 0.390 e. The van der Waals surface area contributed by atoms with Crippen molar-refractivity contribution in [2.24, 2.45) is 17.8 Å². The summed E-state index contributed by atoms with van der Waals surface area (Å²) in [5.41, 5.74) is -0.267. The van der Waals surface area contributed by atoms with E-state index in [1.165, 1.54) is 19.3 Å². The summed E-state index contributed by atoms with van der Waals surface area (Å²) in [5, 5.41) is 10.4. The molecule has 70 valence electrons. The quantitative estimate of drug-likeness (QED) is 0.638. The van der Waals surface area contributed by atoms with Crippen LogP contribution in [0.2, 0.25) is 0 Å². The molecule has 0 amide bonds. The molecule has 0 aromatic carbocycles. The van der Waals surface area contributed by atoms with Crippen molar-refractivity contribution in [1.29, 1.82) is 0 Å². The predicted octanol–water partition coefficient (Wildman–Crippen LogP) is 2.58. The Kier molecular flexibility index (Phi) is 1.95. The molecule has 0 bridgehead atoms. The van der Waals surface area contributed by atoms with Gasteiger partial charge in [-0.25, -0.2) is 0 Å². The molecule has 1 heteroatoms. The fourth-order valence-electron chi connectivity index (χ4n) is 3.10. The first-order valence-corrected chi connectivity index (χ1v) is 5.32. The maximum absolute atomic E-state index is 10.4. The lowest BCUT2D eigenvalue weighted by Crippen LogP contribution is -2.39. The molecule has 0 aromatic rings. The molecule has 1 nitrogen and oxygen atoms in total. The summed E-state index contributed by atoms with van der Waals surface area (Å²) in [7, 11) is 0. The molecule has 2 atom stereocenters. The van der Waals surface area contributed by atoms with E-state index in [-0.39, 0.29) is 5.60 Å². The highest BCUT2D eigenvalue weighted by Gasteiger charge is 2.47. The van der Waals surface area contributed by atoms with Crippen LogP contribution in [-0.4, -0.2) is 10.7 Å². The van der Waals surface area contributed by atoms with Crippen LogP contribution in [-0.2, 0) is 0 Å². The van der Waals surface area contributed by atoms with Gasteiger partial charge in [0.05, 0.1) is 5.60 Å². The molecule has 2 fully saturated rings. The Balaban J connectivity index is 2.04. The Morgan fingerprint density at radius 3 is 2.00 bits per heavy atom. The molecule has 2 saturated carbocycles. The van der Waals surface area contributed by atoms with Crippen molar-refractivity contribution in [1.82, 2.24) is 0 Å². The third-order valence-corrected chi connectivity index (χ3v) is 3.55. The summed E-state index contributed by atoms with van der Waals surface area (Å²) in [6, 6.07) is 0. The Morgan fingerprint density at radius 1 is 1.08 bits per heavy atom. The van der Waals surface area contributed by atoms with Crippen LogP contribution in [0.5, 0.6) is 0 Å². The van der Waals surface area contributed by atoms with E-state index >= 15 is 0 Å². The van der Waals surface area contributed by atoms with Crippen molar-refractivity contribution in [3.63, 3.8) is 0 Å². The topological polar surface area (TPSA) is 20.2 Å². The van der Waals surface area contributed by atoms with Crippen molar-refractivity contribution in [3.05, 3.63) is 0 Å². The maximum atomic E-state index is 10.4. The van der Waals surface area contributed by atoms with Crippen LogP contribution in [0.3, 0.4) is 0 Å². The van der Waals surface area contributed by atoms with E-state index in [4.69, 9.17) is 0 Å². The third-order valence-electron chi connectivity index (χ3n) is 3.55. The second-order valence-corrected chi connectivity index (χ2v) is 5.23. The van der Waals surface area contributed by atoms with Crippen LogP contribution in [0, 0.1) is 17.8 Å². The van der Waals surface area contributed by atoms with Gasteiger partial charge in [-0.1, -0.05) is 13.8 Å². The highest BCUT2D eigenvalue weighted by atomic mass is 16.3. The molecule has 2 rings (SSSR count). The molecule has 0 spiro atoms. The van der Waals surface area contributed by atoms with E-state index < -0.39 is 0 Å². The zero-order valence-corrected chi connectivity index (χ0v) is 8.21. The van der Waals surface area contributed by atoms with E-state index in [1.807, 2.05) is 0 Å². The SMILES string of the molecule is CC1CC(C)CC(O)(C2CC2)C1. The van der Waals surface area contributed by atoms with Gasteiger partial charge < -0.3 is 5.11 Å². The van der Waals surface area contributed by atoms with E-state index in [9.17, 15) is 5.11 Å². The molecule has 12 heavy (non-hydrogen) atoms. The molecule has 0 saturated heterocycles. The lowest BCUT2D eigenvalue weighted by atomic mass is 9.71. The molecule has 2 aliphatic carbocycles. The van der Waals surface area contributed by atoms with E-state index in [2.05, 4.69) is 13.8 Å². The Labute approximate surface area is 75.2 Å². The van der Waals surface area contributed by atoms with Crippen LogP contribution in [0.1, 0.15) is 46.0 Å². The fourth-order valence-corrected chi connectivity index (χ4v) is 3.10. The Bertz CT molecular complexity index is 162. The third kappa shape index (κ3) is 1.52. The van der Waals surface area contributed by atoms with Gasteiger partial charge in [-0.05, 0) is 49.9 Å². The van der Waals surface area contributed by atoms with Crippen molar-refractivity contribution < 1.29 is 5.11 Å². The summed E-state index contributed by atoms with van der Waals surface area (Å²) in [4.78, 5) is 0. The molecule has 1 N–H and O–H groups in total. The Hall–Kier alpha value is -0.0400. The smallest absolute Gasteiger partial charge is 0.0680 e. The molecule has 0 radical (unpaired) electrons. The standard InChI is InChI=1S/C11H20O/c1-8-5-9(2)7-11(12,6-8)10-3-4-10/h8-10,12H,3-7H2,1-2H3. The van der Waals surface area contributed by atoms with E-state index in [0.717, 1.165) is 24.7 Å². The summed E-state index contributed by atoms with van der Waals surface area (Å²) < 4.78 is 0. The second-order valence-electron chi connectivity index (χ2n) is 5.23. The average Bonchev–Trinajstić information content (AvgIpc) is 2.61. The minimum absolute atomic E-state index is 0.267. The second kappa shape index (κ2) is 2.73. The number of rotatable bonds is 1. The number of aliphatic hydroxyl groups is 1. The molecule has 0 heterocycles. The molecule has 2 aliphatic rings. The van der Waals surface area contributed by atoms with Gasteiger partial charge >= 0.3 is 0 Å². The lowest BCUT2D eigenvalue weighted by molar-refractivity contribution is -0.0492. The minimum Gasteiger partial charge on any atom is -0.390 e. The predicted molar refractivity (Wildman–Crippen MR) is 49.9 cm³/mol. The highest BCUT2D eigenvalue weighted by molar-refractivity contribution is 4.98. The number of hydrogen-bond acceptors (Lipinski definition) is 1. The van der Waals surface area contributed by atoms with Crippen LogP contribution >= 0.6 is 0 Å². The van der Waals surface area contributed by atoms with Crippen LogP contribution < -0.4 is 0 Å². The van der Waals surface area contributed by atoms with Crippen LogP contribution in [0.25, 0.3) is 0 Å². The summed E-state index contributed by atoms with van der Waals surface area (Å²) in [5.74, 6) is 2.13.